The maximum Gasteiger partial charge on any atom is 0.313 e. The predicted molar refractivity (Wildman–Crippen MR) is 72.2 cm³/mol. The molecule has 0 atom stereocenters. The molecule has 0 spiro atoms. The van der Waals surface area contributed by atoms with Crippen molar-refractivity contribution in [3.05, 3.63) is 28.2 Å². The summed E-state index contributed by atoms with van der Waals surface area (Å²) in [6.45, 7) is 2.10. The van der Waals surface area contributed by atoms with Crippen LogP contribution < -0.4 is 10.6 Å². The average molecular weight is 315 g/mol. The summed E-state index contributed by atoms with van der Waals surface area (Å²) in [6.07, 6.45) is 0.427. The molecule has 0 unspecified atom stereocenters. The highest BCUT2D eigenvalue weighted by Crippen LogP contribution is 2.19. The van der Waals surface area contributed by atoms with E-state index in [9.17, 15) is 9.59 Å². The summed E-state index contributed by atoms with van der Waals surface area (Å²) >= 11 is 3.32. The zero-order valence-electron chi connectivity index (χ0n) is 10.00. The summed E-state index contributed by atoms with van der Waals surface area (Å²) in [5.41, 5.74) is 1.46. The highest BCUT2D eigenvalue weighted by molar-refractivity contribution is 9.10. The Bertz CT molecular complexity index is 449. The van der Waals surface area contributed by atoms with Crippen LogP contribution in [-0.4, -0.2) is 30.1 Å². The minimum absolute atomic E-state index is 0.0201. The zero-order valence-corrected chi connectivity index (χ0v) is 11.6. The van der Waals surface area contributed by atoms with Gasteiger partial charge in [0.1, 0.15) is 0 Å². The first-order chi connectivity index (χ1) is 8.54. The molecule has 1 aromatic carbocycles. The van der Waals surface area contributed by atoms with Gasteiger partial charge in [0, 0.05) is 23.3 Å². The number of aryl methyl sites for hydroxylation is 1. The summed E-state index contributed by atoms with van der Waals surface area (Å²) < 4.78 is 0.908. The van der Waals surface area contributed by atoms with Crippen LogP contribution in [0.15, 0.2) is 22.7 Å². The van der Waals surface area contributed by atoms with Gasteiger partial charge in [-0.1, -0.05) is 15.9 Å². The molecule has 0 saturated heterocycles. The monoisotopic (exact) mass is 314 g/mol. The molecule has 0 aliphatic rings. The molecule has 3 N–H and O–H groups in total. The van der Waals surface area contributed by atoms with E-state index in [2.05, 4.69) is 26.6 Å². The van der Waals surface area contributed by atoms with Crippen LogP contribution in [0, 0.1) is 6.92 Å². The molecule has 6 heteroatoms. The molecule has 0 bridgehead atoms. The molecule has 0 aliphatic carbocycles. The van der Waals surface area contributed by atoms with Crippen molar-refractivity contribution in [2.24, 2.45) is 0 Å². The Morgan fingerprint density at radius 1 is 1.33 bits per heavy atom. The standard InChI is InChI=1S/C12H15BrN2O3/c1-8-7-9(13)3-4-10(8)15-12(18)11(17)14-5-2-6-16/h3-4,7,16H,2,5-6H2,1H3,(H,14,17)(H,15,18). The fourth-order valence-electron chi connectivity index (χ4n) is 1.31. The van der Waals surface area contributed by atoms with Crippen molar-refractivity contribution in [1.29, 1.82) is 0 Å². The first kappa shape index (κ1) is 14.7. The third kappa shape index (κ3) is 4.46. The Morgan fingerprint density at radius 2 is 2.06 bits per heavy atom. The molecule has 0 aromatic heterocycles. The Hall–Kier alpha value is -1.40. The number of carbonyl (C=O) groups is 2. The van der Waals surface area contributed by atoms with Crippen LogP contribution in [0.5, 0.6) is 0 Å². The molecule has 2 amide bonds. The first-order valence-electron chi connectivity index (χ1n) is 5.51. The summed E-state index contributed by atoms with van der Waals surface area (Å²) in [5, 5.41) is 13.5. The van der Waals surface area contributed by atoms with Gasteiger partial charge in [-0.15, -0.1) is 0 Å². The lowest BCUT2D eigenvalue weighted by Gasteiger charge is -2.08. The number of carbonyl (C=O) groups excluding carboxylic acids is 2. The highest BCUT2D eigenvalue weighted by atomic mass is 79.9. The zero-order chi connectivity index (χ0) is 13.5. The molecular formula is C12H15BrN2O3. The van der Waals surface area contributed by atoms with E-state index in [0.29, 0.717) is 12.1 Å². The van der Waals surface area contributed by atoms with Crippen molar-refractivity contribution in [1.82, 2.24) is 5.32 Å². The Kier molecular flexibility index (Phi) is 5.80. The van der Waals surface area contributed by atoms with Gasteiger partial charge in [0.25, 0.3) is 0 Å². The van der Waals surface area contributed by atoms with Crippen LogP contribution in [0.2, 0.25) is 0 Å². The number of anilines is 1. The van der Waals surface area contributed by atoms with Gasteiger partial charge < -0.3 is 15.7 Å². The number of nitrogens with one attached hydrogen (secondary N) is 2. The van der Waals surface area contributed by atoms with Crippen molar-refractivity contribution < 1.29 is 14.7 Å². The van der Waals surface area contributed by atoms with Crippen LogP contribution >= 0.6 is 15.9 Å². The predicted octanol–water partition coefficient (Wildman–Crippen LogP) is 1.19. The van der Waals surface area contributed by atoms with E-state index in [1.807, 2.05) is 13.0 Å². The normalized spacial score (nSPS) is 9.94. The maximum absolute atomic E-state index is 11.5. The van der Waals surface area contributed by atoms with Gasteiger partial charge in [0.2, 0.25) is 0 Å². The first-order valence-corrected chi connectivity index (χ1v) is 6.30. The van der Waals surface area contributed by atoms with Crippen LogP contribution in [0.1, 0.15) is 12.0 Å². The van der Waals surface area contributed by atoms with Crippen LogP contribution in [0.4, 0.5) is 5.69 Å². The van der Waals surface area contributed by atoms with Gasteiger partial charge in [-0.05, 0) is 37.1 Å². The van der Waals surface area contributed by atoms with Gasteiger partial charge in [0.05, 0.1) is 0 Å². The quantitative estimate of drug-likeness (QED) is 0.577. The second-order valence-electron chi connectivity index (χ2n) is 3.75. The van der Waals surface area contributed by atoms with Crippen molar-refractivity contribution in [2.75, 3.05) is 18.5 Å². The molecule has 1 aromatic rings. The minimum atomic E-state index is -0.710. The van der Waals surface area contributed by atoms with Gasteiger partial charge in [-0.2, -0.15) is 0 Å². The second kappa shape index (κ2) is 7.13. The molecule has 0 radical (unpaired) electrons. The number of halogens is 1. The molecule has 18 heavy (non-hydrogen) atoms. The lowest BCUT2D eigenvalue weighted by atomic mass is 10.2. The lowest BCUT2D eigenvalue weighted by Crippen LogP contribution is -2.36. The van der Waals surface area contributed by atoms with Crippen LogP contribution in [-0.2, 0) is 9.59 Å². The molecule has 0 saturated carbocycles. The molecular weight excluding hydrogens is 300 g/mol. The topological polar surface area (TPSA) is 78.4 Å². The lowest BCUT2D eigenvalue weighted by molar-refractivity contribution is -0.136. The van der Waals surface area contributed by atoms with E-state index >= 15 is 0 Å². The number of rotatable bonds is 4. The highest BCUT2D eigenvalue weighted by Gasteiger charge is 2.13. The summed E-state index contributed by atoms with van der Waals surface area (Å²) in [7, 11) is 0. The van der Waals surface area contributed by atoms with E-state index in [1.165, 1.54) is 0 Å². The third-order valence-corrected chi connectivity index (χ3v) is 2.76. The van der Waals surface area contributed by atoms with Gasteiger partial charge in [-0.3, -0.25) is 9.59 Å². The Morgan fingerprint density at radius 3 is 2.67 bits per heavy atom. The van der Waals surface area contributed by atoms with E-state index in [0.717, 1.165) is 10.0 Å². The van der Waals surface area contributed by atoms with E-state index in [1.54, 1.807) is 12.1 Å². The molecule has 0 aliphatic heterocycles. The number of benzene rings is 1. The van der Waals surface area contributed by atoms with Crippen LogP contribution in [0.25, 0.3) is 0 Å². The minimum Gasteiger partial charge on any atom is -0.396 e. The summed E-state index contributed by atoms with van der Waals surface area (Å²) in [5.74, 6) is -1.41. The van der Waals surface area contributed by atoms with Crippen molar-refractivity contribution >= 4 is 33.4 Å². The fourth-order valence-corrected chi connectivity index (χ4v) is 1.78. The average Bonchev–Trinajstić information content (AvgIpc) is 2.32. The second-order valence-corrected chi connectivity index (χ2v) is 4.66. The largest absolute Gasteiger partial charge is 0.396 e. The van der Waals surface area contributed by atoms with E-state index in [4.69, 9.17) is 5.11 Å². The van der Waals surface area contributed by atoms with Crippen LogP contribution in [0.3, 0.4) is 0 Å². The number of aliphatic hydroxyl groups is 1. The third-order valence-electron chi connectivity index (χ3n) is 2.26. The number of amides is 2. The number of hydrogen-bond donors (Lipinski definition) is 3. The van der Waals surface area contributed by atoms with Gasteiger partial charge in [-0.25, -0.2) is 0 Å². The smallest absolute Gasteiger partial charge is 0.313 e. The fraction of sp³-hybridized carbons (Fsp3) is 0.333. The molecule has 98 valence electrons. The maximum atomic E-state index is 11.5. The molecule has 1 rings (SSSR count). The van der Waals surface area contributed by atoms with Gasteiger partial charge >= 0.3 is 11.8 Å². The van der Waals surface area contributed by atoms with Crippen molar-refractivity contribution in [2.45, 2.75) is 13.3 Å². The number of hydrogen-bond acceptors (Lipinski definition) is 3. The molecule has 0 heterocycles. The Balaban J connectivity index is 2.56. The van der Waals surface area contributed by atoms with E-state index in [-0.39, 0.29) is 13.2 Å². The van der Waals surface area contributed by atoms with Crippen molar-refractivity contribution in [3.8, 4) is 0 Å². The Labute approximate surface area is 114 Å². The molecule has 0 fully saturated rings. The van der Waals surface area contributed by atoms with Gasteiger partial charge in [0.15, 0.2) is 0 Å². The van der Waals surface area contributed by atoms with Crippen molar-refractivity contribution in [3.63, 3.8) is 0 Å². The summed E-state index contributed by atoms with van der Waals surface area (Å²) in [4.78, 5) is 22.9. The molecule has 5 nitrogen and oxygen atoms in total. The number of aliphatic hydroxyl groups excluding tert-OH is 1. The SMILES string of the molecule is Cc1cc(Br)ccc1NC(=O)C(=O)NCCCO. The summed E-state index contributed by atoms with van der Waals surface area (Å²) in [6, 6.07) is 5.35. The van der Waals surface area contributed by atoms with E-state index < -0.39 is 11.8 Å².